The molecule has 2 rings (SSSR count). The molecule has 1 aliphatic rings. The van der Waals surface area contributed by atoms with E-state index in [2.05, 4.69) is 19.1 Å². The van der Waals surface area contributed by atoms with Crippen LogP contribution in [-0.2, 0) is 4.74 Å². The van der Waals surface area contributed by atoms with Crippen LogP contribution in [0.2, 0.25) is 0 Å². The van der Waals surface area contributed by atoms with E-state index in [1.165, 1.54) is 37.7 Å². The molecule has 1 aromatic rings. The predicted molar refractivity (Wildman–Crippen MR) is 80.8 cm³/mol. The van der Waals surface area contributed by atoms with Crippen molar-refractivity contribution in [1.29, 1.82) is 0 Å². The first-order valence-electron chi connectivity index (χ1n) is 7.66. The predicted octanol–water partition coefficient (Wildman–Crippen LogP) is 4.75. The van der Waals surface area contributed by atoms with Gasteiger partial charge in [0, 0.05) is 0 Å². The maximum atomic E-state index is 5.80. The Hall–Kier alpha value is -1.02. The highest BCUT2D eigenvalue weighted by Gasteiger charge is 2.13. The number of aryl methyl sites for hydroxylation is 1. The number of hydrogen-bond acceptors (Lipinski definition) is 2. The summed E-state index contributed by atoms with van der Waals surface area (Å²) in [5.41, 5.74) is 1.26. The normalized spacial score (nSPS) is 15.5. The summed E-state index contributed by atoms with van der Waals surface area (Å²) in [6, 6.07) is 8.15. The van der Waals surface area contributed by atoms with Crippen LogP contribution in [0.3, 0.4) is 0 Å². The highest BCUT2D eigenvalue weighted by molar-refractivity contribution is 5.26. The molecule has 0 radical (unpaired) electrons. The molecule has 1 aliphatic carbocycles. The molecule has 0 spiro atoms. The highest BCUT2D eigenvalue weighted by atomic mass is 16.5. The van der Waals surface area contributed by atoms with Gasteiger partial charge in [0.1, 0.15) is 12.4 Å². The third-order valence-electron chi connectivity index (χ3n) is 3.28. The molecular weight excluding hydrogens is 236 g/mol. The summed E-state index contributed by atoms with van der Waals surface area (Å²) in [6.45, 7) is 7.44. The zero-order valence-electron chi connectivity index (χ0n) is 12.7. The van der Waals surface area contributed by atoms with Gasteiger partial charge >= 0.3 is 0 Å². The molecule has 0 unspecified atom stereocenters. The van der Waals surface area contributed by atoms with Crippen molar-refractivity contribution in [2.45, 2.75) is 59.0 Å². The lowest BCUT2D eigenvalue weighted by Gasteiger charge is -2.21. The van der Waals surface area contributed by atoms with Crippen molar-refractivity contribution in [3.05, 3.63) is 29.8 Å². The first kappa shape index (κ1) is 16.0. The molecule has 1 fully saturated rings. The molecule has 1 saturated carbocycles. The van der Waals surface area contributed by atoms with E-state index in [4.69, 9.17) is 9.47 Å². The SMILES string of the molecule is CC.Cc1ccc(OCCOC2CCCCC2)cc1. The van der Waals surface area contributed by atoms with Gasteiger partial charge in [0.15, 0.2) is 0 Å². The van der Waals surface area contributed by atoms with Crippen LogP contribution in [0.5, 0.6) is 5.75 Å². The third-order valence-corrected chi connectivity index (χ3v) is 3.28. The highest BCUT2D eigenvalue weighted by Crippen LogP contribution is 2.20. The number of hydrogen-bond donors (Lipinski definition) is 0. The molecule has 0 aliphatic heterocycles. The Kier molecular flexibility index (Phi) is 8.31. The molecule has 0 bridgehead atoms. The Balaban J connectivity index is 0.000000861. The van der Waals surface area contributed by atoms with Crippen molar-refractivity contribution in [3.8, 4) is 5.75 Å². The van der Waals surface area contributed by atoms with Gasteiger partial charge < -0.3 is 9.47 Å². The summed E-state index contributed by atoms with van der Waals surface area (Å²) >= 11 is 0. The summed E-state index contributed by atoms with van der Waals surface area (Å²) in [6.07, 6.45) is 6.95. The van der Waals surface area contributed by atoms with Crippen LogP contribution in [0.15, 0.2) is 24.3 Å². The van der Waals surface area contributed by atoms with E-state index < -0.39 is 0 Å². The number of benzene rings is 1. The second kappa shape index (κ2) is 9.85. The summed E-state index contributed by atoms with van der Waals surface area (Å²) in [7, 11) is 0. The Labute approximate surface area is 118 Å². The van der Waals surface area contributed by atoms with E-state index in [-0.39, 0.29) is 0 Å². The summed E-state index contributed by atoms with van der Waals surface area (Å²) in [5, 5.41) is 0. The minimum atomic E-state index is 0.477. The zero-order chi connectivity index (χ0) is 13.9. The van der Waals surface area contributed by atoms with Crippen molar-refractivity contribution in [2.24, 2.45) is 0 Å². The van der Waals surface area contributed by atoms with Crippen molar-refractivity contribution in [2.75, 3.05) is 13.2 Å². The van der Waals surface area contributed by atoms with Crippen LogP contribution in [0.25, 0.3) is 0 Å². The average Bonchev–Trinajstić information content (AvgIpc) is 2.49. The van der Waals surface area contributed by atoms with E-state index in [1.54, 1.807) is 0 Å². The largest absolute Gasteiger partial charge is 0.491 e. The van der Waals surface area contributed by atoms with Gasteiger partial charge in [0.2, 0.25) is 0 Å². The topological polar surface area (TPSA) is 18.5 Å². The lowest BCUT2D eigenvalue weighted by atomic mass is 9.98. The van der Waals surface area contributed by atoms with Gasteiger partial charge in [-0.25, -0.2) is 0 Å². The van der Waals surface area contributed by atoms with E-state index in [1.807, 2.05) is 26.0 Å². The molecule has 0 N–H and O–H groups in total. The van der Waals surface area contributed by atoms with E-state index in [0.29, 0.717) is 19.3 Å². The zero-order valence-corrected chi connectivity index (χ0v) is 12.7. The average molecular weight is 264 g/mol. The summed E-state index contributed by atoms with van der Waals surface area (Å²) < 4.78 is 11.4. The first-order valence-corrected chi connectivity index (χ1v) is 7.66. The van der Waals surface area contributed by atoms with Gasteiger partial charge in [0.25, 0.3) is 0 Å². The molecule has 2 nitrogen and oxygen atoms in total. The second-order valence-corrected chi connectivity index (χ2v) is 4.79. The van der Waals surface area contributed by atoms with Crippen LogP contribution < -0.4 is 4.74 Å². The lowest BCUT2D eigenvalue weighted by Crippen LogP contribution is -2.19. The van der Waals surface area contributed by atoms with Gasteiger partial charge in [0.05, 0.1) is 12.7 Å². The molecule has 0 atom stereocenters. The maximum absolute atomic E-state index is 5.80. The van der Waals surface area contributed by atoms with Gasteiger partial charge in [-0.3, -0.25) is 0 Å². The number of ether oxygens (including phenoxy) is 2. The van der Waals surface area contributed by atoms with Crippen molar-refractivity contribution in [3.63, 3.8) is 0 Å². The van der Waals surface area contributed by atoms with E-state index >= 15 is 0 Å². The van der Waals surface area contributed by atoms with Crippen LogP contribution in [-0.4, -0.2) is 19.3 Å². The quantitative estimate of drug-likeness (QED) is 0.714. The minimum Gasteiger partial charge on any atom is -0.491 e. The first-order chi connectivity index (χ1) is 9.34. The van der Waals surface area contributed by atoms with Crippen LogP contribution in [0, 0.1) is 6.92 Å². The van der Waals surface area contributed by atoms with E-state index in [9.17, 15) is 0 Å². The molecule has 0 aromatic heterocycles. The monoisotopic (exact) mass is 264 g/mol. The smallest absolute Gasteiger partial charge is 0.119 e. The minimum absolute atomic E-state index is 0.477. The van der Waals surface area contributed by atoms with Crippen molar-refractivity contribution in [1.82, 2.24) is 0 Å². The van der Waals surface area contributed by atoms with E-state index in [0.717, 1.165) is 5.75 Å². The van der Waals surface area contributed by atoms with Gasteiger partial charge in [-0.15, -0.1) is 0 Å². The molecule has 0 amide bonds. The number of rotatable bonds is 5. The molecule has 19 heavy (non-hydrogen) atoms. The Morgan fingerprint density at radius 2 is 1.58 bits per heavy atom. The fraction of sp³-hybridized carbons (Fsp3) is 0.647. The van der Waals surface area contributed by atoms with Crippen molar-refractivity contribution < 1.29 is 9.47 Å². The van der Waals surface area contributed by atoms with Gasteiger partial charge in [-0.2, -0.15) is 0 Å². The Bertz CT molecular complexity index is 313. The molecule has 108 valence electrons. The molecule has 0 saturated heterocycles. The summed E-state index contributed by atoms with van der Waals surface area (Å²) in [4.78, 5) is 0. The Morgan fingerprint density at radius 3 is 2.21 bits per heavy atom. The fourth-order valence-electron chi connectivity index (χ4n) is 2.24. The molecule has 0 heterocycles. The fourth-order valence-corrected chi connectivity index (χ4v) is 2.24. The molecule has 2 heteroatoms. The van der Waals surface area contributed by atoms with Crippen molar-refractivity contribution >= 4 is 0 Å². The standard InChI is InChI=1S/C15H22O2.C2H6/c1-13-7-9-15(10-8-13)17-12-11-16-14-5-3-2-4-6-14;1-2/h7-10,14H,2-6,11-12H2,1H3;1-2H3. The van der Waals surface area contributed by atoms with Gasteiger partial charge in [-0.05, 0) is 31.9 Å². The van der Waals surface area contributed by atoms with Gasteiger partial charge in [-0.1, -0.05) is 50.8 Å². The molecule has 1 aromatic carbocycles. The van der Waals surface area contributed by atoms with Crippen LogP contribution >= 0.6 is 0 Å². The third kappa shape index (κ3) is 6.63. The lowest BCUT2D eigenvalue weighted by molar-refractivity contribution is 0.0129. The second-order valence-electron chi connectivity index (χ2n) is 4.79. The van der Waals surface area contributed by atoms with Crippen LogP contribution in [0.4, 0.5) is 0 Å². The maximum Gasteiger partial charge on any atom is 0.119 e. The van der Waals surface area contributed by atoms with Crippen LogP contribution in [0.1, 0.15) is 51.5 Å². The summed E-state index contributed by atoms with van der Waals surface area (Å²) in [5.74, 6) is 0.933. The Morgan fingerprint density at radius 1 is 0.947 bits per heavy atom. The molecular formula is C17H28O2.